The Morgan fingerprint density at radius 3 is 2.50 bits per heavy atom. The molecule has 2 nitrogen and oxygen atoms in total. The highest BCUT2D eigenvalue weighted by atomic mass is 16.3. The quantitative estimate of drug-likeness (QED) is 0.657. The zero-order valence-electron chi connectivity index (χ0n) is 6.83. The average Bonchev–Trinajstić information content (AvgIpc) is 2.81. The van der Waals surface area contributed by atoms with E-state index in [4.69, 9.17) is 5.11 Å². The van der Waals surface area contributed by atoms with Crippen molar-refractivity contribution in [2.75, 3.05) is 0 Å². The van der Waals surface area contributed by atoms with E-state index in [2.05, 4.69) is 0 Å². The minimum Gasteiger partial charge on any atom is -0.504 e. The molecule has 2 rings (SSSR count). The van der Waals surface area contributed by atoms with Crippen molar-refractivity contribution in [1.82, 2.24) is 0 Å². The van der Waals surface area contributed by atoms with Crippen molar-refractivity contribution in [2.45, 2.75) is 19.3 Å². The summed E-state index contributed by atoms with van der Waals surface area (Å²) in [7, 11) is 0. The van der Waals surface area contributed by atoms with Crippen LogP contribution >= 0.6 is 0 Å². The summed E-state index contributed by atoms with van der Waals surface area (Å²) in [6, 6.07) is 5.06. The lowest BCUT2D eigenvalue weighted by atomic mass is 10.1. The molecule has 1 aromatic rings. The van der Waals surface area contributed by atoms with Gasteiger partial charge in [-0.25, -0.2) is 0 Å². The minimum atomic E-state index is -0.0328. The molecular formula is C10H12O2. The van der Waals surface area contributed by atoms with Crippen LogP contribution in [0.4, 0.5) is 0 Å². The highest BCUT2D eigenvalue weighted by Gasteiger charge is 2.21. The molecule has 0 spiro atoms. The number of phenols is 2. The second kappa shape index (κ2) is 2.70. The lowest BCUT2D eigenvalue weighted by molar-refractivity contribution is 0.403. The molecular weight excluding hydrogens is 152 g/mol. The maximum Gasteiger partial charge on any atom is 0.157 e. The third kappa shape index (κ3) is 1.52. The fraction of sp³-hybridized carbons (Fsp3) is 0.400. The van der Waals surface area contributed by atoms with Crippen LogP contribution in [0.1, 0.15) is 18.4 Å². The van der Waals surface area contributed by atoms with E-state index in [0.717, 1.165) is 17.9 Å². The van der Waals surface area contributed by atoms with E-state index in [1.807, 2.05) is 6.07 Å². The van der Waals surface area contributed by atoms with Crippen molar-refractivity contribution in [3.05, 3.63) is 23.8 Å². The highest BCUT2D eigenvalue weighted by Crippen LogP contribution is 2.34. The van der Waals surface area contributed by atoms with Crippen LogP contribution in [-0.4, -0.2) is 10.2 Å². The van der Waals surface area contributed by atoms with Crippen molar-refractivity contribution in [1.29, 1.82) is 0 Å². The molecule has 0 unspecified atom stereocenters. The van der Waals surface area contributed by atoms with Gasteiger partial charge in [0.2, 0.25) is 0 Å². The second-order valence-electron chi connectivity index (χ2n) is 3.47. The Kier molecular flexibility index (Phi) is 1.68. The molecule has 1 aromatic carbocycles. The molecule has 0 heterocycles. The van der Waals surface area contributed by atoms with Crippen LogP contribution in [0.15, 0.2) is 18.2 Å². The van der Waals surface area contributed by atoms with Crippen molar-refractivity contribution < 1.29 is 10.2 Å². The van der Waals surface area contributed by atoms with E-state index in [1.54, 1.807) is 12.1 Å². The molecule has 1 aliphatic rings. The van der Waals surface area contributed by atoms with Gasteiger partial charge in [-0.05, 0) is 42.9 Å². The van der Waals surface area contributed by atoms with Crippen molar-refractivity contribution in [3.8, 4) is 11.5 Å². The second-order valence-corrected chi connectivity index (χ2v) is 3.47. The Bertz CT molecular complexity index is 290. The fourth-order valence-corrected chi connectivity index (χ4v) is 1.35. The lowest BCUT2D eigenvalue weighted by Crippen LogP contribution is -1.85. The first-order valence-corrected chi connectivity index (χ1v) is 4.26. The van der Waals surface area contributed by atoms with Gasteiger partial charge in [-0.1, -0.05) is 6.07 Å². The summed E-state index contributed by atoms with van der Waals surface area (Å²) in [5.41, 5.74) is 1.12. The van der Waals surface area contributed by atoms with Gasteiger partial charge in [0.15, 0.2) is 11.5 Å². The van der Waals surface area contributed by atoms with Gasteiger partial charge in [-0.3, -0.25) is 0 Å². The molecule has 0 aromatic heterocycles. The Morgan fingerprint density at radius 2 is 1.92 bits per heavy atom. The number of phenolic OH excluding ortho intramolecular Hbond substituents is 2. The number of benzene rings is 1. The van der Waals surface area contributed by atoms with E-state index < -0.39 is 0 Å². The summed E-state index contributed by atoms with van der Waals surface area (Å²) in [6.07, 6.45) is 3.65. The van der Waals surface area contributed by atoms with Gasteiger partial charge >= 0.3 is 0 Å². The molecule has 0 atom stereocenters. The molecule has 1 fully saturated rings. The van der Waals surface area contributed by atoms with E-state index in [0.29, 0.717) is 0 Å². The topological polar surface area (TPSA) is 40.5 Å². The SMILES string of the molecule is Oc1ccc(CC2CC2)cc1O. The molecule has 2 heteroatoms. The van der Waals surface area contributed by atoms with Gasteiger partial charge < -0.3 is 10.2 Å². The Morgan fingerprint density at radius 1 is 1.17 bits per heavy atom. The van der Waals surface area contributed by atoms with Crippen LogP contribution in [0.25, 0.3) is 0 Å². The van der Waals surface area contributed by atoms with Gasteiger partial charge in [0.05, 0.1) is 0 Å². The number of hydrogen-bond donors (Lipinski definition) is 2. The summed E-state index contributed by atoms with van der Waals surface area (Å²) in [6.45, 7) is 0. The van der Waals surface area contributed by atoms with E-state index in [-0.39, 0.29) is 11.5 Å². The van der Waals surface area contributed by atoms with Gasteiger partial charge in [-0.15, -0.1) is 0 Å². The summed E-state index contributed by atoms with van der Waals surface area (Å²) >= 11 is 0. The van der Waals surface area contributed by atoms with Crippen LogP contribution in [0.5, 0.6) is 11.5 Å². The lowest BCUT2D eigenvalue weighted by Gasteiger charge is -2.01. The number of rotatable bonds is 2. The van der Waals surface area contributed by atoms with Gasteiger partial charge in [0, 0.05) is 0 Å². The molecule has 0 amide bonds. The zero-order valence-corrected chi connectivity index (χ0v) is 6.83. The molecule has 2 N–H and O–H groups in total. The van der Waals surface area contributed by atoms with E-state index in [1.165, 1.54) is 12.8 Å². The zero-order chi connectivity index (χ0) is 8.55. The highest BCUT2D eigenvalue weighted by molar-refractivity contribution is 5.40. The predicted octanol–water partition coefficient (Wildman–Crippen LogP) is 2.05. The van der Waals surface area contributed by atoms with Crippen LogP contribution in [-0.2, 0) is 6.42 Å². The molecule has 0 radical (unpaired) electrons. The largest absolute Gasteiger partial charge is 0.504 e. The first-order chi connectivity index (χ1) is 5.75. The Balaban J connectivity index is 2.15. The maximum atomic E-state index is 9.18. The van der Waals surface area contributed by atoms with Gasteiger partial charge in [0.25, 0.3) is 0 Å². The monoisotopic (exact) mass is 164 g/mol. The normalized spacial score (nSPS) is 16.3. The van der Waals surface area contributed by atoms with Crippen LogP contribution < -0.4 is 0 Å². The molecule has 12 heavy (non-hydrogen) atoms. The van der Waals surface area contributed by atoms with Gasteiger partial charge in [0.1, 0.15) is 0 Å². The van der Waals surface area contributed by atoms with Crippen LogP contribution in [0.2, 0.25) is 0 Å². The summed E-state index contributed by atoms with van der Waals surface area (Å²) in [4.78, 5) is 0. The fourth-order valence-electron chi connectivity index (χ4n) is 1.35. The molecule has 0 aliphatic heterocycles. The van der Waals surface area contributed by atoms with Crippen LogP contribution in [0.3, 0.4) is 0 Å². The third-order valence-electron chi connectivity index (χ3n) is 2.26. The first-order valence-electron chi connectivity index (χ1n) is 4.26. The average molecular weight is 164 g/mol. The molecule has 1 saturated carbocycles. The molecule has 0 saturated heterocycles. The van der Waals surface area contributed by atoms with Crippen LogP contribution in [0, 0.1) is 5.92 Å². The molecule has 0 bridgehead atoms. The van der Waals surface area contributed by atoms with Crippen molar-refractivity contribution in [2.24, 2.45) is 5.92 Å². The molecule has 1 aliphatic carbocycles. The van der Waals surface area contributed by atoms with E-state index in [9.17, 15) is 5.11 Å². The standard InChI is InChI=1S/C10H12O2/c11-9-4-3-8(6-10(9)12)5-7-1-2-7/h3-4,6-7,11-12H,1-2,5H2. The Hall–Kier alpha value is -1.18. The van der Waals surface area contributed by atoms with Crippen molar-refractivity contribution >= 4 is 0 Å². The number of aromatic hydroxyl groups is 2. The predicted molar refractivity (Wildman–Crippen MR) is 46.2 cm³/mol. The minimum absolute atomic E-state index is 0.00634. The summed E-state index contributed by atoms with van der Waals surface area (Å²) < 4.78 is 0. The smallest absolute Gasteiger partial charge is 0.157 e. The molecule has 64 valence electrons. The third-order valence-corrected chi connectivity index (χ3v) is 2.26. The summed E-state index contributed by atoms with van der Waals surface area (Å²) in [5, 5.41) is 18.2. The van der Waals surface area contributed by atoms with E-state index >= 15 is 0 Å². The maximum absolute atomic E-state index is 9.18. The first kappa shape index (κ1) is 7.47. The summed E-state index contributed by atoms with van der Waals surface area (Å²) in [5.74, 6) is 0.775. The van der Waals surface area contributed by atoms with Gasteiger partial charge in [-0.2, -0.15) is 0 Å². The van der Waals surface area contributed by atoms with Crippen molar-refractivity contribution in [3.63, 3.8) is 0 Å². The number of hydrogen-bond acceptors (Lipinski definition) is 2. The Labute approximate surface area is 71.5 Å².